The highest BCUT2D eigenvalue weighted by Crippen LogP contribution is 2.27. The van der Waals surface area contributed by atoms with E-state index in [1.165, 1.54) is 0 Å². The Morgan fingerprint density at radius 2 is 1.73 bits per heavy atom. The number of carbonyl (C=O) groups is 2. The number of anilines is 1. The van der Waals surface area contributed by atoms with Crippen LogP contribution in [0.5, 0.6) is 11.5 Å². The van der Waals surface area contributed by atoms with Gasteiger partial charge in [0.1, 0.15) is 11.5 Å². The molecule has 0 saturated carbocycles. The number of benzene rings is 2. The molecule has 114 valence electrons. The van der Waals surface area contributed by atoms with E-state index in [1.54, 1.807) is 18.2 Å². The summed E-state index contributed by atoms with van der Waals surface area (Å²) in [5, 5.41) is 2.78. The molecule has 0 atom stereocenters. The molecule has 0 spiro atoms. The van der Waals surface area contributed by atoms with Crippen molar-refractivity contribution < 1.29 is 14.3 Å². The Hall–Kier alpha value is -2.62. The molecule has 0 aliphatic rings. The molecule has 1 N–H and O–H groups in total. The average molecular weight is 297 g/mol. The Labute approximate surface area is 130 Å². The molecule has 2 aromatic carbocycles. The van der Waals surface area contributed by atoms with Crippen LogP contribution < -0.4 is 10.1 Å². The first-order valence-corrected chi connectivity index (χ1v) is 7.04. The highest BCUT2D eigenvalue weighted by molar-refractivity contribution is 5.99. The number of hydrogen-bond donors (Lipinski definition) is 1. The van der Waals surface area contributed by atoms with Crippen LogP contribution in [0.4, 0.5) is 5.69 Å². The van der Waals surface area contributed by atoms with Gasteiger partial charge < -0.3 is 10.1 Å². The van der Waals surface area contributed by atoms with Gasteiger partial charge in [-0.05, 0) is 24.3 Å². The fourth-order valence-electron chi connectivity index (χ4n) is 1.74. The van der Waals surface area contributed by atoms with Crippen molar-refractivity contribution in [2.24, 2.45) is 5.41 Å². The number of amides is 1. The van der Waals surface area contributed by atoms with Crippen molar-refractivity contribution in [3.05, 3.63) is 54.1 Å². The van der Waals surface area contributed by atoms with Crippen molar-refractivity contribution >= 4 is 17.9 Å². The van der Waals surface area contributed by atoms with Crippen molar-refractivity contribution in [1.29, 1.82) is 0 Å². The lowest BCUT2D eigenvalue weighted by Crippen LogP contribution is -2.28. The van der Waals surface area contributed by atoms with Crippen molar-refractivity contribution in [3.63, 3.8) is 0 Å². The first-order chi connectivity index (χ1) is 10.4. The van der Waals surface area contributed by atoms with Crippen molar-refractivity contribution in [2.45, 2.75) is 20.8 Å². The second-order valence-electron chi connectivity index (χ2n) is 5.99. The maximum absolute atomic E-state index is 12.1. The van der Waals surface area contributed by atoms with Gasteiger partial charge in [-0.1, -0.05) is 39.0 Å². The van der Waals surface area contributed by atoms with E-state index in [-0.39, 0.29) is 5.91 Å². The Bertz CT molecular complexity index is 672. The summed E-state index contributed by atoms with van der Waals surface area (Å²) < 4.78 is 5.72. The van der Waals surface area contributed by atoms with Gasteiger partial charge in [0.05, 0.1) is 5.69 Å². The molecular weight excluding hydrogens is 278 g/mol. The summed E-state index contributed by atoms with van der Waals surface area (Å²) in [6.07, 6.45) is 0.713. The van der Waals surface area contributed by atoms with Gasteiger partial charge in [0, 0.05) is 17.0 Å². The van der Waals surface area contributed by atoms with Crippen LogP contribution in [0.25, 0.3) is 0 Å². The molecule has 0 heterocycles. The molecule has 0 fully saturated rings. The summed E-state index contributed by atoms with van der Waals surface area (Å²) in [5.41, 5.74) is 0.317. The van der Waals surface area contributed by atoms with Gasteiger partial charge in [-0.25, -0.2) is 0 Å². The van der Waals surface area contributed by atoms with Gasteiger partial charge in [0.15, 0.2) is 6.29 Å². The molecule has 0 bridgehead atoms. The minimum atomic E-state index is -0.545. The number of carbonyl (C=O) groups excluding carboxylic acids is 2. The van der Waals surface area contributed by atoms with Gasteiger partial charge in [-0.2, -0.15) is 0 Å². The van der Waals surface area contributed by atoms with E-state index in [0.717, 1.165) is 0 Å². The Morgan fingerprint density at radius 3 is 2.32 bits per heavy atom. The standard InChI is InChI=1S/C18H19NO3/c1-18(2,3)17(21)19-16-11-15(10-9-13(16)12-20)22-14-7-5-4-6-8-14/h4-12H,1-3H3,(H,19,21). The number of para-hydroxylation sites is 1. The molecule has 4 nitrogen and oxygen atoms in total. The first kappa shape index (κ1) is 15.8. The lowest BCUT2D eigenvalue weighted by atomic mass is 9.95. The van der Waals surface area contributed by atoms with Crippen LogP contribution in [0.15, 0.2) is 48.5 Å². The maximum Gasteiger partial charge on any atom is 0.229 e. The molecule has 0 aliphatic heterocycles. The minimum Gasteiger partial charge on any atom is -0.457 e. The summed E-state index contributed by atoms with van der Waals surface area (Å²) >= 11 is 0. The van der Waals surface area contributed by atoms with E-state index in [0.29, 0.717) is 29.0 Å². The van der Waals surface area contributed by atoms with Crippen LogP contribution in [0.3, 0.4) is 0 Å². The number of rotatable bonds is 4. The van der Waals surface area contributed by atoms with Crippen LogP contribution in [0.1, 0.15) is 31.1 Å². The molecular formula is C18H19NO3. The molecule has 1 amide bonds. The zero-order valence-corrected chi connectivity index (χ0v) is 12.9. The fraction of sp³-hybridized carbons (Fsp3) is 0.222. The van der Waals surface area contributed by atoms with Crippen LogP contribution in [-0.2, 0) is 4.79 Å². The zero-order chi connectivity index (χ0) is 16.2. The number of ether oxygens (including phenoxy) is 1. The molecule has 22 heavy (non-hydrogen) atoms. The van der Waals surface area contributed by atoms with Crippen molar-refractivity contribution in [3.8, 4) is 11.5 Å². The summed E-state index contributed by atoms with van der Waals surface area (Å²) in [7, 11) is 0. The van der Waals surface area contributed by atoms with Crippen molar-refractivity contribution in [2.75, 3.05) is 5.32 Å². The van der Waals surface area contributed by atoms with Crippen LogP contribution in [-0.4, -0.2) is 12.2 Å². The molecule has 0 saturated heterocycles. The normalized spacial score (nSPS) is 10.9. The van der Waals surface area contributed by atoms with Gasteiger partial charge in [-0.15, -0.1) is 0 Å². The summed E-state index contributed by atoms with van der Waals surface area (Å²) in [6, 6.07) is 14.3. The van der Waals surface area contributed by atoms with Gasteiger partial charge in [-0.3, -0.25) is 9.59 Å². The van der Waals surface area contributed by atoms with E-state index in [4.69, 9.17) is 4.74 Å². The van der Waals surface area contributed by atoms with Gasteiger partial charge >= 0.3 is 0 Å². The smallest absolute Gasteiger partial charge is 0.229 e. The van der Waals surface area contributed by atoms with Gasteiger partial charge in [0.2, 0.25) is 5.91 Å². The second-order valence-corrected chi connectivity index (χ2v) is 5.99. The highest BCUT2D eigenvalue weighted by Gasteiger charge is 2.22. The predicted octanol–water partition coefficient (Wildman–Crippen LogP) is 4.28. The molecule has 2 rings (SSSR count). The summed E-state index contributed by atoms with van der Waals surface area (Å²) in [4.78, 5) is 23.2. The summed E-state index contributed by atoms with van der Waals surface area (Å²) in [6.45, 7) is 5.44. The third kappa shape index (κ3) is 3.95. The Balaban J connectivity index is 2.26. The fourth-order valence-corrected chi connectivity index (χ4v) is 1.74. The number of nitrogens with one attached hydrogen (secondary N) is 1. The molecule has 0 aliphatic carbocycles. The third-order valence-corrected chi connectivity index (χ3v) is 3.06. The van der Waals surface area contributed by atoms with E-state index in [2.05, 4.69) is 5.32 Å². The maximum atomic E-state index is 12.1. The lowest BCUT2D eigenvalue weighted by Gasteiger charge is -2.19. The minimum absolute atomic E-state index is 0.160. The molecule has 0 unspecified atom stereocenters. The topological polar surface area (TPSA) is 55.4 Å². The average Bonchev–Trinajstić information content (AvgIpc) is 2.47. The van der Waals surface area contributed by atoms with Crippen LogP contribution >= 0.6 is 0 Å². The molecule has 0 radical (unpaired) electrons. The second kappa shape index (κ2) is 6.43. The predicted molar refractivity (Wildman–Crippen MR) is 86.4 cm³/mol. The van der Waals surface area contributed by atoms with E-state index in [1.807, 2.05) is 51.1 Å². The third-order valence-electron chi connectivity index (χ3n) is 3.06. The van der Waals surface area contributed by atoms with Gasteiger partial charge in [0.25, 0.3) is 0 Å². The van der Waals surface area contributed by atoms with E-state index >= 15 is 0 Å². The SMILES string of the molecule is CC(C)(C)C(=O)Nc1cc(Oc2ccccc2)ccc1C=O. The van der Waals surface area contributed by atoms with Crippen LogP contribution in [0.2, 0.25) is 0 Å². The highest BCUT2D eigenvalue weighted by atomic mass is 16.5. The van der Waals surface area contributed by atoms with Crippen molar-refractivity contribution in [1.82, 2.24) is 0 Å². The number of aldehydes is 1. The largest absolute Gasteiger partial charge is 0.457 e. The molecule has 4 heteroatoms. The first-order valence-electron chi connectivity index (χ1n) is 7.04. The van der Waals surface area contributed by atoms with E-state index < -0.39 is 5.41 Å². The number of hydrogen-bond acceptors (Lipinski definition) is 3. The Kier molecular flexibility index (Phi) is 4.61. The van der Waals surface area contributed by atoms with E-state index in [9.17, 15) is 9.59 Å². The molecule has 2 aromatic rings. The Morgan fingerprint density at radius 1 is 1.05 bits per heavy atom. The monoisotopic (exact) mass is 297 g/mol. The zero-order valence-electron chi connectivity index (χ0n) is 12.9. The lowest BCUT2D eigenvalue weighted by molar-refractivity contribution is -0.123. The molecule has 0 aromatic heterocycles. The summed E-state index contributed by atoms with van der Waals surface area (Å²) in [5.74, 6) is 1.09. The quantitative estimate of drug-likeness (QED) is 0.857. The van der Waals surface area contributed by atoms with Crippen LogP contribution in [0, 0.1) is 5.41 Å².